The monoisotopic (exact) mass is 364 g/mol. The summed E-state index contributed by atoms with van der Waals surface area (Å²) in [5.41, 5.74) is 2.43. The molecule has 0 aliphatic carbocycles. The van der Waals surface area contributed by atoms with Crippen LogP contribution >= 0.6 is 22.9 Å². The molecule has 4 aromatic rings. The predicted molar refractivity (Wildman–Crippen MR) is 104 cm³/mol. The number of benzene rings is 3. The van der Waals surface area contributed by atoms with E-state index in [0.29, 0.717) is 15.7 Å². The fourth-order valence-electron chi connectivity index (χ4n) is 2.58. The number of amides is 1. The van der Waals surface area contributed by atoms with Crippen molar-refractivity contribution in [2.45, 2.75) is 0 Å². The summed E-state index contributed by atoms with van der Waals surface area (Å²) in [4.78, 5) is 16.8. The molecule has 1 heterocycles. The molecule has 0 aliphatic heterocycles. The number of thiazole rings is 1. The third kappa shape index (κ3) is 3.40. The van der Waals surface area contributed by atoms with Crippen molar-refractivity contribution in [1.29, 1.82) is 0 Å². The highest BCUT2D eigenvalue weighted by molar-refractivity contribution is 7.14. The van der Waals surface area contributed by atoms with E-state index in [0.717, 1.165) is 11.3 Å². The summed E-state index contributed by atoms with van der Waals surface area (Å²) < 4.78 is 0. The molecule has 0 spiro atoms. The first-order chi connectivity index (χ1) is 12.2. The van der Waals surface area contributed by atoms with Gasteiger partial charge in [0.25, 0.3) is 5.91 Å². The van der Waals surface area contributed by atoms with E-state index in [1.54, 1.807) is 24.3 Å². The molecule has 1 N–H and O–H groups in total. The van der Waals surface area contributed by atoms with E-state index < -0.39 is 0 Å². The molecule has 3 aromatic carbocycles. The maximum Gasteiger partial charge on any atom is 0.257 e. The van der Waals surface area contributed by atoms with Crippen LogP contribution in [0.1, 0.15) is 10.4 Å². The predicted octanol–water partition coefficient (Wildman–Crippen LogP) is 5.87. The molecule has 25 heavy (non-hydrogen) atoms. The molecule has 0 saturated heterocycles. The summed E-state index contributed by atoms with van der Waals surface area (Å²) in [7, 11) is 0. The molecule has 4 rings (SSSR count). The first-order valence-corrected chi connectivity index (χ1v) is 8.96. The van der Waals surface area contributed by atoms with Crippen molar-refractivity contribution >= 4 is 44.7 Å². The van der Waals surface area contributed by atoms with Crippen LogP contribution in [0.25, 0.3) is 22.0 Å². The van der Waals surface area contributed by atoms with E-state index in [4.69, 9.17) is 11.6 Å². The van der Waals surface area contributed by atoms with E-state index in [1.165, 1.54) is 22.1 Å². The number of aromatic nitrogens is 1. The van der Waals surface area contributed by atoms with Gasteiger partial charge in [-0.2, -0.15) is 0 Å². The van der Waals surface area contributed by atoms with Gasteiger partial charge in [0.1, 0.15) is 0 Å². The third-order valence-electron chi connectivity index (χ3n) is 3.88. The highest BCUT2D eigenvalue weighted by atomic mass is 35.5. The lowest BCUT2D eigenvalue weighted by Gasteiger charge is -2.02. The molecule has 0 bridgehead atoms. The topological polar surface area (TPSA) is 42.0 Å². The summed E-state index contributed by atoms with van der Waals surface area (Å²) in [6.07, 6.45) is 0. The average molecular weight is 365 g/mol. The van der Waals surface area contributed by atoms with Gasteiger partial charge in [0, 0.05) is 21.5 Å². The second-order valence-corrected chi connectivity index (χ2v) is 6.86. The van der Waals surface area contributed by atoms with Crippen LogP contribution in [0.4, 0.5) is 5.13 Å². The number of anilines is 1. The van der Waals surface area contributed by atoms with E-state index in [2.05, 4.69) is 34.6 Å². The molecule has 0 fully saturated rings. The summed E-state index contributed by atoms with van der Waals surface area (Å²) in [6.45, 7) is 0. The number of fused-ring (bicyclic) bond motifs is 1. The zero-order valence-electron chi connectivity index (χ0n) is 13.1. The second kappa shape index (κ2) is 6.67. The minimum atomic E-state index is -0.198. The molecule has 3 nitrogen and oxygen atoms in total. The Morgan fingerprint density at radius 2 is 1.72 bits per heavy atom. The molecule has 0 atom stereocenters. The molecule has 0 aliphatic rings. The minimum Gasteiger partial charge on any atom is -0.298 e. The number of halogens is 1. The largest absolute Gasteiger partial charge is 0.298 e. The maximum absolute atomic E-state index is 12.3. The van der Waals surface area contributed by atoms with Crippen LogP contribution in [0.3, 0.4) is 0 Å². The smallest absolute Gasteiger partial charge is 0.257 e. The van der Waals surface area contributed by atoms with E-state index in [9.17, 15) is 4.79 Å². The van der Waals surface area contributed by atoms with Gasteiger partial charge in [-0.05, 0) is 41.1 Å². The van der Waals surface area contributed by atoms with Gasteiger partial charge in [0.2, 0.25) is 0 Å². The van der Waals surface area contributed by atoms with Crippen molar-refractivity contribution in [3.8, 4) is 11.3 Å². The van der Waals surface area contributed by atoms with Gasteiger partial charge in [-0.1, -0.05) is 48.0 Å². The van der Waals surface area contributed by atoms with Crippen molar-refractivity contribution in [2.24, 2.45) is 0 Å². The zero-order chi connectivity index (χ0) is 17.2. The lowest BCUT2D eigenvalue weighted by atomic mass is 10.1. The summed E-state index contributed by atoms with van der Waals surface area (Å²) in [6, 6.07) is 21.2. The fourth-order valence-corrected chi connectivity index (χ4v) is 3.42. The van der Waals surface area contributed by atoms with Gasteiger partial charge < -0.3 is 0 Å². The van der Waals surface area contributed by atoms with Gasteiger partial charge >= 0.3 is 0 Å². The zero-order valence-corrected chi connectivity index (χ0v) is 14.6. The van der Waals surface area contributed by atoms with Crippen LogP contribution < -0.4 is 5.32 Å². The van der Waals surface area contributed by atoms with E-state index in [-0.39, 0.29) is 5.91 Å². The molecule has 0 saturated carbocycles. The Morgan fingerprint density at radius 3 is 2.52 bits per heavy atom. The number of hydrogen-bond acceptors (Lipinski definition) is 3. The Kier molecular flexibility index (Phi) is 4.22. The average Bonchev–Trinajstić information content (AvgIpc) is 3.10. The van der Waals surface area contributed by atoms with E-state index in [1.807, 2.05) is 23.6 Å². The van der Waals surface area contributed by atoms with Crippen molar-refractivity contribution in [2.75, 3.05) is 5.32 Å². The first-order valence-electron chi connectivity index (χ1n) is 7.71. The Morgan fingerprint density at radius 1 is 0.960 bits per heavy atom. The molecule has 1 amide bonds. The number of carbonyl (C=O) groups is 1. The fraction of sp³-hybridized carbons (Fsp3) is 0. The van der Waals surface area contributed by atoms with Crippen molar-refractivity contribution in [1.82, 2.24) is 4.98 Å². The van der Waals surface area contributed by atoms with Crippen LogP contribution in [0.15, 0.2) is 72.1 Å². The SMILES string of the molecule is O=C(Nc1nc(-c2ccc3ccccc3c2)cs1)c1ccc(Cl)cc1. The molecule has 0 unspecified atom stereocenters. The maximum atomic E-state index is 12.3. The van der Waals surface area contributed by atoms with E-state index >= 15 is 0 Å². The molecule has 0 radical (unpaired) electrons. The minimum absolute atomic E-state index is 0.198. The number of rotatable bonds is 3. The number of nitrogens with one attached hydrogen (secondary N) is 1. The standard InChI is InChI=1S/C20H13ClN2OS/c21-17-9-7-14(8-10-17)19(24)23-20-22-18(12-25-20)16-6-5-13-3-1-2-4-15(13)11-16/h1-12H,(H,22,23,24). The molecule has 122 valence electrons. The highest BCUT2D eigenvalue weighted by Crippen LogP contribution is 2.28. The van der Waals surface area contributed by atoms with Crippen molar-refractivity contribution in [3.05, 3.63) is 82.7 Å². The third-order valence-corrected chi connectivity index (χ3v) is 4.89. The van der Waals surface area contributed by atoms with Gasteiger partial charge in [-0.3, -0.25) is 10.1 Å². The first kappa shape index (κ1) is 15.8. The molecular formula is C20H13ClN2OS. The molecule has 1 aromatic heterocycles. The number of nitrogens with zero attached hydrogens (tertiary/aromatic N) is 1. The Bertz CT molecular complexity index is 1060. The highest BCUT2D eigenvalue weighted by Gasteiger charge is 2.10. The van der Waals surface area contributed by atoms with Crippen LogP contribution in [-0.2, 0) is 0 Å². The van der Waals surface area contributed by atoms with Gasteiger partial charge in [0.15, 0.2) is 5.13 Å². The lowest BCUT2D eigenvalue weighted by molar-refractivity contribution is 0.102. The van der Waals surface area contributed by atoms with Gasteiger partial charge in [-0.25, -0.2) is 4.98 Å². The Labute approximate surface area is 153 Å². The summed E-state index contributed by atoms with van der Waals surface area (Å²) in [5.74, 6) is -0.198. The van der Waals surface area contributed by atoms with Crippen molar-refractivity contribution in [3.63, 3.8) is 0 Å². The van der Waals surface area contributed by atoms with Crippen LogP contribution in [0, 0.1) is 0 Å². The van der Waals surface area contributed by atoms with Crippen LogP contribution in [0.2, 0.25) is 5.02 Å². The van der Waals surface area contributed by atoms with Crippen molar-refractivity contribution < 1.29 is 4.79 Å². The Balaban J connectivity index is 1.56. The second-order valence-electron chi connectivity index (χ2n) is 5.56. The van der Waals surface area contributed by atoms with Gasteiger partial charge in [-0.15, -0.1) is 11.3 Å². The number of hydrogen-bond donors (Lipinski definition) is 1. The van der Waals surface area contributed by atoms with Crippen LogP contribution in [-0.4, -0.2) is 10.9 Å². The summed E-state index contributed by atoms with van der Waals surface area (Å²) >= 11 is 7.25. The Hall–Kier alpha value is -2.69. The molecule has 5 heteroatoms. The summed E-state index contributed by atoms with van der Waals surface area (Å²) in [5, 5.41) is 8.31. The van der Waals surface area contributed by atoms with Gasteiger partial charge in [0.05, 0.1) is 5.69 Å². The van der Waals surface area contributed by atoms with Crippen LogP contribution in [0.5, 0.6) is 0 Å². The quantitative estimate of drug-likeness (QED) is 0.494. The lowest BCUT2D eigenvalue weighted by Crippen LogP contribution is -2.11. The molecular weight excluding hydrogens is 352 g/mol. The normalized spacial score (nSPS) is 10.8. The number of carbonyl (C=O) groups excluding carboxylic acids is 1.